The van der Waals surface area contributed by atoms with Gasteiger partial charge >= 0.3 is 0 Å². The molecule has 0 unspecified atom stereocenters. The average molecular weight is 400 g/mol. The monoisotopic (exact) mass is 399 g/mol. The summed E-state index contributed by atoms with van der Waals surface area (Å²) in [6, 6.07) is 8.74. The minimum Gasteiger partial charge on any atom is -0.267 e. The third kappa shape index (κ3) is 4.37. The zero-order valence-corrected chi connectivity index (χ0v) is 15.4. The van der Waals surface area contributed by atoms with Crippen LogP contribution in [0.1, 0.15) is 20.7 Å². The Labute approximate surface area is 154 Å². The lowest BCUT2D eigenvalue weighted by atomic mass is 10.2. The zero-order valence-electron chi connectivity index (χ0n) is 13.8. The molecule has 0 heterocycles. The van der Waals surface area contributed by atoms with Crippen LogP contribution < -0.4 is 10.9 Å². The molecule has 2 rings (SSSR count). The van der Waals surface area contributed by atoms with Gasteiger partial charge in [0.05, 0.1) is 10.5 Å². The Morgan fingerprint density at radius 2 is 1.69 bits per heavy atom. The second kappa shape index (κ2) is 7.81. The molecule has 0 spiro atoms. The van der Waals surface area contributed by atoms with Crippen LogP contribution in [0, 0.1) is 5.82 Å². The summed E-state index contributed by atoms with van der Waals surface area (Å²) in [7, 11) is -0.985. The van der Waals surface area contributed by atoms with E-state index in [1.807, 2.05) is 0 Å². The van der Waals surface area contributed by atoms with E-state index < -0.39 is 27.7 Å². The fourth-order valence-electron chi connectivity index (χ4n) is 1.94. The fraction of sp³-hybridized carbons (Fsp3) is 0.125. The van der Waals surface area contributed by atoms with Crippen LogP contribution in [0.15, 0.2) is 47.4 Å². The molecule has 2 amide bonds. The molecule has 0 saturated heterocycles. The van der Waals surface area contributed by atoms with E-state index in [1.165, 1.54) is 50.5 Å². The number of rotatable bonds is 4. The van der Waals surface area contributed by atoms with Gasteiger partial charge < -0.3 is 0 Å². The first-order valence-electron chi connectivity index (χ1n) is 7.21. The number of carbonyl (C=O) groups excluding carboxylic acids is 2. The molecule has 0 radical (unpaired) electrons. The number of hydrogen-bond acceptors (Lipinski definition) is 4. The highest BCUT2D eigenvalue weighted by Crippen LogP contribution is 2.15. The van der Waals surface area contributed by atoms with Crippen molar-refractivity contribution in [3.8, 4) is 0 Å². The van der Waals surface area contributed by atoms with E-state index in [9.17, 15) is 22.4 Å². The zero-order chi connectivity index (χ0) is 19.5. The van der Waals surface area contributed by atoms with E-state index >= 15 is 0 Å². The average Bonchev–Trinajstić information content (AvgIpc) is 2.59. The van der Waals surface area contributed by atoms with Gasteiger partial charge in [0.15, 0.2) is 0 Å². The van der Waals surface area contributed by atoms with Gasteiger partial charge in [0.1, 0.15) is 5.82 Å². The molecule has 2 aromatic rings. The summed E-state index contributed by atoms with van der Waals surface area (Å²) < 4.78 is 38.9. The molecule has 10 heteroatoms. The topological polar surface area (TPSA) is 95.6 Å². The van der Waals surface area contributed by atoms with E-state index in [0.717, 1.165) is 10.4 Å². The number of sulfonamides is 1. The lowest BCUT2D eigenvalue weighted by molar-refractivity contribution is 0.0844. The molecule has 0 atom stereocenters. The molecular weight excluding hydrogens is 385 g/mol. The highest BCUT2D eigenvalue weighted by molar-refractivity contribution is 7.89. The van der Waals surface area contributed by atoms with E-state index in [-0.39, 0.29) is 21.0 Å². The van der Waals surface area contributed by atoms with Crippen LogP contribution in [0.2, 0.25) is 5.02 Å². The lowest BCUT2D eigenvalue weighted by Gasteiger charge is -2.12. The van der Waals surface area contributed by atoms with Crippen LogP contribution in [-0.4, -0.2) is 38.6 Å². The van der Waals surface area contributed by atoms with Gasteiger partial charge in [0.25, 0.3) is 11.8 Å². The quantitative estimate of drug-likeness (QED) is 0.766. The number of benzene rings is 2. The van der Waals surface area contributed by atoms with Gasteiger partial charge in [-0.3, -0.25) is 20.4 Å². The van der Waals surface area contributed by atoms with Crippen molar-refractivity contribution in [2.75, 3.05) is 14.1 Å². The Balaban J connectivity index is 2.12. The summed E-state index contributed by atoms with van der Waals surface area (Å²) in [6.45, 7) is 0. The molecule has 138 valence electrons. The maximum absolute atomic E-state index is 13.7. The van der Waals surface area contributed by atoms with E-state index in [2.05, 4.69) is 10.9 Å². The SMILES string of the molecule is CN(C)S(=O)(=O)c1cccc(C(=O)NNC(=O)c2ccc(Cl)cc2F)c1. The summed E-state index contributed by atoms with van der Waals surface area (Å²) in [5.74, 6) is -2.49. The van der Waals surface area contributed by atoms with E-state index in [4.69, 9.17) is 11.6 Å². The van der Waals surface area contributed by atoms with Crippen molar-refractivity contribution in [1.29, 1.82) is 0 Å². The fourth-order valence-corrected chi connectivity index (χ4v) is 3.04. The van der Waals surface area contributed by atoms with Crippen LogP contribution >= 0.6 is 11.6 Å². The Kier molecular flexibility index (Phi) is 5.96. The van der Waals surface area contributed by atoms with Gasteiger partial charge in [-0.25, -0.2) is 17.1 Å². The second-order valence-electron chi connectivity index (χ2n) is 5.35. The van der Waals surface area contributed by atoms with Crippen molar-refractivity contribution in [1.82, 2.24) is 15.2 Å². The largest absolute Gasteiger partial charge is 0.272 e. The molecule has 0 saturated carbocycles. The van der Waals surface area contributed by atoms with Gasteiger partial charge in [-0.2, -0.15) is 0 Å². The minimum absolute atomic E-state index is 0.00445. The molecule has 2 aromatic carbocycles. The summed E-state index contributed by atoms with van der Waals surface area (Å²) in [6.07, 6.45) is 0. The molecular formula is C16H15ClFN3O4S. The maximum atomic E-state index is 13.7. The molecule has 0 aliphatic heterocycles. The highest BCUT2D eigenvalue weighted by Gasteiger charge is 2.19. The van der Waals surface area contributed by atoms with E-state index in [1.54, 1.807) is 0 Å². The lowest BCUT2D eigenvalue weighted by Crippen LogP contribution is -2.42. The standard InChI is InChI=1S/C16H15ClFN3O4S/c1-21(2)26(24,25)12-5-3-4-10(8-12)15(22)19-20-16(23)13-7-6-11(17)9-14(13)18/h3-9H,1-2H3,(H,19,22)(H,20,23). The van der Waals surface area contributed by atoms with Crippen LogP contribution in [0.25, 0.3) is 0 Å². The molecule has 0 fully saturated rings. The predicted octanol–water partition coefficient (Wildman–Crippen LogP) is 1.80. The smallest absolute Gasteiger partial charge is 0.267 e. The first kappa shape index (κ1) is 19.8. The van der Waals surface area contributed by atoms with Gasteiger partial charge in [-0.15, -0.1) is 0 Å². The minimum atomic E-state index is -3.71. The summed E-state index contributed by atoms with van der Waals surface area (Å²) in [4.78, 5) is 24.0. The predicted molar refractivity (Wildman–Crippen MR) is 93.7 cm³/mol. The Hall–Kier alpha value is -2.49. The van der Waals surface area contributed by atoms with Gasteiger partial charge in [-0.1, -0.05) is 17.7 Å². The summed E-state index contributed by atoms with van der Waals surface area (Å²) in [5, 5.41) is 0.127. The molecule has 0 bridgehead atoms. The Bertz CT molecular complexity index is 964. The number of hydrazine groups is 1. The third-order valence-corrected chi connectivity index (χ3v) is 5.39. The summed E-state index contributed by atoms with van der Waals surface area (Å²) >= 11 is 5.61. The summed E-state index contributed by atoms with van der Waals surface area (Å²) in [5.41, 5.74) is 3.86. The number of nitrogens with one attached hydrogen (secondary N) is 2. The molecule has 7 nitrogen and oxygen atoms in total. The van der Waals surface area contributed by atoms with E-state index in [0.29, 0.717) is 0 Å². The molecule has 2 N–H and O–H groups in total. The van der Waals surface area contributed by atoms with Gasteiger partial charge in [0, 0.05) is 24.7 Å². The number of carbonyl (C=O) groups is 2. The van der Waals surface area contributed by atoms with Crippen LogP contribution in [0.5, 0.6) is 0 Å². The Morgan fingerprint density at radius 1 is 1.04 bits per heavy atom. The van der Waals surface area contributed by atoms with Crippen molar-refractivity contribution in [2.24, 2.45) is 0 Å². The highest BCUT2D eigenvalue weighted by atomic mass is 35.5. The molecule has 26 heavy (non-hydrogen) atoms. The normalized spacial score (nSPS) is 11.3. The second-order valence-corrected chi connectivity index (χ2v) is 7.94. The number of halogens is 2. The van der Waals surface area contributed by atoms with Gasteiger partial charge in [-0.05, 0) is 36.4 Å². The van der Waals surface area contributed by atoms with Crippen LogP contribution in [0.4, 0.5) is 4.39 Å². The first-order valence-corrected chi connectivity index (χ1v) is 9.03. The number of hydrogen-bond donors (Lipinski definition) is 2. The first-order chi connectivity index (χ1) is 12.1. The third-order valence-electron chi connectivity index (χ3n) is 3.34. The van der Waals surface area contributed by atoms with Crippen molar-refractivity contribution in [2.45, 2.75) is 4.90 Å². The number of amides is 2. The van der Waals surface area contributed by atoms with Crippen molar-refractivity contribution in [3.05, 3.63) is 64.4 Å². The molecule has 0 aliphatic carbocycles. The van der Waals surface area contributed by atoms with Crippen molar-refractivity contribution >= 4 is 33.4 Å². The van der Waals surface area contributed by atoms with Crippen molar-refractivity contribution in [3.63, 3.8) is 0 Å². The molecule has 0 aromatic heterocycles. The Morgan fingerprint density at radius 3 is 2.31 bits per heavy atom. The number of nitrogens with zero attached hydrogens (tertiary/aromatic N) is 1. The molecule has 0 aliphatic rings. The van der Waals surface area contributed by atoms with Crippen molar-refractivity contribution < 1.29 is 22.4 Å². The maximum Gasteiger partial charge on any atom is 0.272 e. The van der Waals surface area contributed by atoms with Crippen LogP contribution in [0.3, 0.4) is 0 Å². The van der Waals surface area contributed by atoms with Crippen LogP contribution in [-0.2, 0) is 10.0 Å². The van der Waals surface area contributed by atoms with Gasteiger partial charge in [0.2, 0.25) is 10.0 Å².